The summed E-state index contributed by atoms with van der Waals surface area (Å²) in [5.41, 5.74) is 4.60. The van der Waals surface area contributed by atoms with Gasteiger partial charge in [-0.2, -0.15) is 0 Å². The van der Waals surface area contributed by atoms with Gasteiger partial charge in [-0.3, -0.25) is 25.6 Å². The molecule has 3 fully saturated rings. The molecule has 11 nitrogen and oxygen atoms in total. The second-order valence-electron chi connectivity index (χ2n) is 6.56. The van der Waals surface area contributed by atoms with Crippen LogP contribution in [0.1, 0.15) is 25.7 Å². The first-order valence-corrected chi connectivity index (χ1v) is 8.23. The van der Waals surface area contributed by atoms with Gasteiger partial charge in [0, 0.05) is 19.6 Å². The summed E-state index contributed by atoms with van der Waals surface area (Å²) in [6, 6.07) is -1.68. The predicted octanol–water partition coefficient (Wildman–Crippen LogP) is -2.15. The highest BCUT2D eigenvalue weighted by Gasteiger charge is 2.46. The first kappa shape index (κ1) is 17.3. The van der Waals surface area contributed by atoms with Crippen molar-refractivity contribution in [3.63, 3.8) is 0 Å². The molecule has 0 aliphatic carbocycles. The maximum absolute atomic E-state index is 12.3. The zero-order valence-corrected chi connectivity index (χ0v) is 13.5. The number of amides is 5. The minimum absolute atomic E-state index is 0.0270. The highest BCUT2D eigenvalue weighted by atomic mass is 16.5. The lowest BCUT2D eigenvalue weighted by Crippen LogP contribution is -2.56. The van der Waals surface area contributed by atoms with Crippen molar-refractivity contribution in [3.8, 4) is 0 Å². The van der Waals surface area contributed by atoms with Crippen LogP contribution in [0.3, 0.4) is 0 Å². The predicted molar refractivity (Wildman–Crippen MR) is 78.5 cm³/mol. The smallest absolute Gasteiger partial charge is 0.344 e. The van der Waals surface area contributed by atoms with Crippen LogP contribution in [0.5, 0.6) is 0 Å². The molecule has 0 aromatic heterocycles. The van der Waals surface area contributed by atoms with Gasteiger partial charge in [-0.25, -0.2) is 9.86 Å². The van der Waals surface area contributed by atoms with Crippen LogP contribution in [0.25, 0.3) is 0 Å². The highest BCUT2D eigenvalue weighted by molar-refractivity contribution is 5.90. The van der Waals surface area contributed by atoms with E-state index in [1.54, 1.807) is 0 Å². The largest absolute Gasteiger partial charge is 0.530 e. The Morgan fingerprint density at radius 2 is 1.80 bits per heavy atom. The zero-order chi connectivity index (χ0) is 18.1. The van der Waals surface area contributed by atoms with E-state index >= 15 is 0 Å². The van der Waals surface area contributed by atoms with Crippen molar-refractivity contribution >= 4 is 23.9 Å². The molecular formula is C14H20N5O6-. The Kier molecular flexibility index (Phi) is 4.66. The van der Waals surface area contributed by atoms with Gasteiger partial charge in [-0.15, -0.1) is 0 Å². The molecule has 25 heavy (non-hydrogen) atoms. The van der Waals surface area contributed by atoms with E-state index in [-0.39, 0.29) is 19.1 Å². The summed E-state index contributed by atoms with van der Waals surface area (Å²) in [5.74, 6) is -1.59. The van der Waals surface area contributed by atoms with E-state index in [1.807, 2.05) is 0 Å². The summed E-state index contributed by atoms with van der Waals surface area (Å²) >= 11 is 0. The normalized spacial score (nSPS) is 28.8. The van der Waals surface area contributed by atoms with E-state index in [1.165, 1.54) is 4.90 Å². The van der Waals surface area contributed by atoms with Gasteiger partial charge >= 0.3 is 6.03 Å². The van der Waals surface area contributed by atoms with E-state index < -0.39 is 35.9 Å². The Balaban J connectivity index is 1.51. The summed E-state index contributed by atoms with van der Waals surface area (Å²) in [5, 5.41) is 21.1. The number of nitrogens with zero attached hydrogens (tertiary/aromatic N) is 3. The van der Waals surface area contributed by atoms with Crippen LogP contribution in [0, 0.1) is 5.92 Å². The van der Waals surface area contributed by atoms with Gasteiger partial charge in [-0.1, -0.05) is 0 Å². The molecule has 5 amide bonds. The number of nitrogens with one attached hydrogen (secondary N) is 2. The summed E-state index contributed by atoms with van der Waals surface area (Å²) in [6.07, 6.45) is 0.615. The van der Waals surface area contributed by atoms with Crippen LogP contribution in [0.2, 0.25) is 0 Å². The second kappa shape index (κ2) is 6.75. The lowest BCUT2D eigenvalue weighted by atomic mass is 9.98. The molecule has 3 N–H and O–H groups in total. The second-order valence-corrected chi connectivity index (χ2v) is 6.56. The van der Waals surface area contributed by atoms with E-state index in [0.29, 0.717) is 37.3 Å². The molecular weight excluding hydrogens is 334 g/mol. The molecule has 3 aliphatic heterocycles. The third-order valence-electron chi connectivity index (χ3n) is 5.01. The van der Waals surface area contributed by atoms with Gasteiger partial charge in [0.2, 0.25) is 5.91 Å². The van der Waals surface area contributed by atoms with Crippen molar-refractivity contribution in [1.29, 1.82) is 0 Å². The number of likely N-dealkylation sites (tertiary alicyclic amines) is 1. The molecule has 0 saturated carbocycles. The standard InChI is InChI=1S/C14H21N5O6/c20-11(8-2-1-5-17(6-8)14(23)24)15-16-12(21)10-4-3-9-7-18(10)13(22)19(9)25/h8-10,25H,1-7H2,(H,15,20)(H,16,21)(H,23,24)/p-1/t8-,9-,10+/m1/s1. The van der Waals surface area contributed by atoms with Crippen molar-refractivity contribution in [2.75, 3.05) is 19.6 Å². The number of piperidine rings is 2. The molecule has 2 bridgehead atoms. The van der Waals surface area contributed by atoms with Gasteiger partial charge in [0.15, 0.2) is 0 Å². The summed E-state index contributed by atoms with van der Waals surface area (Å²) in [6.45, 7) is 0.625. The molecule has 138 valence electrons. The zero-order valence-electron chi connectivity index (χ0n) is 13.5. The van der Waals surface area contributed by atoms with E-state index in [4.69, 9.17) is 0 Å². The quantitative estimate of drug-likeness (QED) is 0.381. The fourth-order valence-electron chi connectivity index (χ4n) is 3.59. The number of urea groups is 1. The molecule has 0 aromatic carbocycles. The molecule has 0 aromatic rings. The van der Waals surface area contributed by atoms with Crippen molar-refractivity contribution in [2.24, 2.45) is 5.92 Å². The van der Waals surface area contributed by atoms with Crippen LogP contribution < -0.4 is 16.0 Å². The van der Waals surface area contributed by atoms with Gasteiger partial charge in [0.25, 0.3) is 5.91 Å². The number of carboxylic acid groups (broad SMARTS) is 1. The number of fused-ring (bicyclic) bond motifs is 2. The monoisotopic (exact) mass is 354 g/mol. The molecule has 3 saturated heterocycles. The fourth-order valence-corrected chi connectivity index (χ4v) is 3.59. The fraction of sp³-hybridized carbons (Fsp3) is 0.714. The Morgan fingerprint density at radius 3 is 2.52 bits per heavy atom. The number of hydrogen-bond donors (Lipinski definition) is 3. The van der Waals surface area contributed by atoms with Gasteiger partial charge < -0.3 is 19.7 Å². The lowest BCUT2D eigenvalue weighted by molar-refractivity contribution is -0.266. The average molecular weight is 354 g/mol. The summed E-state index contributed by atoms with van der Waals surface area (Å²) in [7, 11) is 0. The van der Waals surface area contributed by atoms with Crippen molar-refractivity contribution < 1.29 is 29.5 Å². The third kappa shape index (κ3) is 3.31. The Bertz CT molecular complexity index is 598. The number of carbonyl (C=O) groups is 4. The first-order valence-electron chi connectivity index (χ1n) is 8.23. The van der Waals surface area contributed by atoms with Crippen LogP contribution in [0.4, 0.5) is 9.59 Å². The topological polar surface area (TPSA) is 145 Å². The highest BCUT2D eigenvalue weighted by Crippen LogP contribution is 2.28. The van der Waals surface area contributed by atoms with Gasteiger partial charge in [-0.05, 0) is 25.7 Å². The molecule has 3 aliphatic rings. The number of carbonyl (C=O) groups excluding carboxylic acids is 4. The van der Waals surface area contributed by atoms with Crippen LogP contribution in [-0.2, 0) is 9.59 Å². The minimum atomic E-state index is -1.32. The van der Waals surface area contributed by atoms with E-state index in [0.717, 1.165) is 4.90 Å². The Labute approximate surface area is 143 Å². The van der Waals surface area contributed by atoms with Gasteiger partial charge in [0.05, 0.1) is 12.0 Å². The average Bonchev–Trinajstić information content (AvgIpc) is 2.84. The molecule has 0 spiro atoms. The Hall–Kier alpha value is -2.56. The summed E-state index contributed by atoms with van der Waals surface area (Å²) < 4.78 is 0. The molecule has 11 heteroatoms. The van der Waals surface area contributed by atoms with Crippen LogP contribution >= 0.6 is 0 Å². The van der Waals surface area contributed by atoms with Crippen LogP contribution in [-0.4, -0.2) is 75.7 Å². The SMILES string of the molecule is O=C(NNC(=O)[C@@H]1CC[C@@H]2CN1C(=O)N2O)[C@@H]1CCCN(C(=O)[O-])C1. The van der Waals surface area contributed by atoms with E-state index in [2.05, 4.69) is 10.9 Å². The molecule has 3 atom stereocenters. The molecule has 3 heterocycles. The van der Waals surface area contributed by atoms with E-state index in [9.17, 15) is 29.5 Å². The number of hydrazine groups is 1. The van der Waals surface area contributed by atoms with Crippen LogP contribution in [0.15, 0.2) is 0 Å². The maximum Gasteiger partial charge on any atom is 0.344 e. The molecule has 3 rings (SSSR count). The molecule has 0 unspecified atom stereocenters. The van der Waals surface area contributed by atoms with Crippen molar-refractivity contribution in [2.45, 2.75) is 37.8 Å². The first-order chi connectivity index (χ1) is 11.9. The number of hydrogen-bond acceptors (Lipinski definition) is 6. The third-order valence-corrected chi connectivity index (χ3v) is 5.01. The maximum atomic E-state index is 12.3. The minimum Gasteiger partial charge on any atom is -0.530 e. The lowest BCUT2D eigenvalue weighted by Gasteiger charge is -2.34. The summed E-state index contributed by atoms with van der Waals surface area (Å²) in [4.78, 5) is 49.5. The van der Waals surface area contributed by atoms with Crippen molar-refractivity contribution in [3.05, 3.63) is 0 Å². The molecule has 0 radical (unpaired) electrons. The van der Waals surface area contributed by atoms with Crippen molar-refractivity contribution in [1.82, 2.24) is 25.7 Å². The van der Waals surface area contributed by atoms with Gasteiger partial charge in [0.1, 0.15) is 12.1 Å². The number of hydroxylamine groups is 2. The Morgan fingerprint density at radius 1 is 1.08 bits per heavy atom. The number of rotatable bonds is 2.